The standard InChI is InChI=1S/C10H18N2S/c1-3-8-6-13-10(11-8)12-9-4-7(2)5-9/h7-9H,3-6H2,1-2H3,(H,11,12). The highest BCUT2D eigenvalue weighted by Gasteiger charge is 2.27. The second-order valence-corrected chi connectivity index (χ2v) is 5.23. The van der Waals surface area contributed by atoms with E-state index in [2.05, 4.69) is 24.2 Å². The summed E-state index contributed by atoms with van der Waals surface area (Å²) in [7, 11) is 0. The highest BCUT2D eigenvalue weighted by atomic mass is 32.2. The van der Waals surface area contributed by atoms with Gasteiger partial charge in [0.05, 0.1) is 6.04 Å². The molecule has 1 N–H and O–H groups in total. The number of amidine groups is 1. The normalized spacial score (nSPS) is 38.3. The molecular weight excluding hydrogens is 180 g/mol. The van der Waals surface area contributed by atoms with Crippen LogP contribution in [0.4, 0.5) is 0 Å². The predicted octanol–water partition coefficient (Wildman–Crippen LogP) is 2.26. The summed E-state index contributed by atoms with van der Waals surface area (Å²) in [4.78, 5) is 4.62. The average Bonchev–Trinajstić information content (AvgIpc) is 2.50. The van der Waals surface area contributed by atoms with E-state index >= 15 is 0 Å². The molecule has 2 nitrogen and oxygen atoms in total. The summed E-state index contributed by atoms with van der Waals surface area (Å²) >= 11 is 1.89. The second-order valence-electron chi connectivity index (χ2n) is 4.23. The summed E-state index contributed by atoms with van der Waals surface area (Å²) in [6.45, 7) is 4.53. The van der Waals surface area contributed by atoms with Crippen LogP contribution in [0.1, 0.15) is 33.1 Å². The molecule has 0 radical (unpaired) electrons. The van der Waals surface area contributed by atoms with E-state index in [-0.39, 0.29) is 0 Å². The van der Waals surface area contributed by atoms with Crippen LogP contribution in [0.5, 0.6) is 0 Å². The van der Waals surface area contributed by atoms with Crippen molar-refractivity contribution >= 4 is 16.9 Å². The predicted molar refractivity (Wildman–Crippen MR) is 59.3 cm³/mol. The minimum atomic E-state index is 0.574. The van der Waals surface area contributed by atoms with Crippen molar-refractivity contribution in [3.63, 3.8) is 0 Å². The maximum Gasteiger partial charge on any atom is 0.157 e. The van der Waals surface area contributed by atoms with Crippen LogP contribution in [0, 0.1) is 5.92 Å². The Kier molecular flexibility index (Phi) is 2.82. The van der Waals surface area contributed by atoms with Crippen LogP contribution in [-0.4, -0.2) is 23.0 Å². The van der Waals surface area contributed by atoms with Gasteiger partial charge in [-0.25, -0.2) is 0 Å². The van der Waals surface area contributed by atoms with Gasteiger partial charge in [0.1, 0.15) is 0 Å². The Balaban J connectivity index is 1.76. The lowest BCUT2D eigenvalue weighted by Crippen LogP contribution is -2.42. The van der Waals surface area contributed by atoms with Crippen molar-refractivity contribution in [3.05, 3.63) is 0 Å². The lowest BCUT2D eigenvalue weighted by Gasteiger charge is -2.33. The first kappa shape index (κ1) is 9.38. The number of aliphatic imine (C=N–C) groups is 1. The maximum absolute atomic E-state index is 4.62. The summed E-state index contributed by atoms with van der Waals surface area (Å²) in [6, 6.07) is 1.29. The van der Waals surface area contributed by atoms with Crippen LogP contribution >= 0.6 is 11.8 Å². The van der Waals surface area contributed by atoms with Gasteiger partial charge in [-0.1, -0.05) is 25.6 Å². The molecular formula is C10H18N2S. The van der Waals surface area contributed by atoms with Crippen LogP contribution in [0.15, 0.2) is 4.99 Å². The van der Waals surface area contributed by atoms with Crippen molar-refractivity contribution in [2.45, 2.75) is 45.2 Å². The van der Waals surface area contributed by atoms with Crippen LogP contribution < -0.4 is 5.32 Å². The van der Waals surface area contributed by atoms with Gasteiger partial charge >= 0.3 is 0 Å². The van der Waals surface area contributed by atoms with Crippen LogP contribution in [-0.2, 0) is 0 Å². The average molecular weight is 198 g/mol. The summed E-state index contributed by atoms with van der Waals surface area (Å²) in [6.07, 6.45) is 3.84. The van der Waals surface area contributed by atoms with Gasteiger partial charge in [-0.15, -0.1) is 0 Å². The third-order valence-electron chi connectivity index (χ3n) is 2.88. The Morgan fingerprint density at radius 2 is 2.31 bits per heavy atom. The van der Waals surface area contributed by atoms with Crippen molar-refractivity contribution in [3.8, 4) is 0 Å². The van der Waals surface area contributed by atoms with E-state index in [1.807, 2.05) is 11.8 Å². The Bertz CT molecular complexity index is 209. The molecule has 1 fully saturated rings. The lowest BCUT2D eigenvalue weighted by molar-refractivity contribution is 0.269. The molecule has 1 aliphatic heterocycles. The number of hydrogen-bond acceptors (Lipinski definition) is 3. The third-order valence-corrected chi connectivity index (χ3v) is 3.93. The smallest absolute Gasteiger partial charge is 0.157 e. The zero-order valence-corrected chi connectivity index (χ0v) is 9.23. The van der Waals surface area contributed by atoms with Crippen LogP contribution in [0.2, 0.25) is 0 Å². The fraction of sp³-hybridized carbons (Fsp3) is 0.900. The number of nitrogens with one attached hydrogen (secondary N) is 1. The molecule has 0 aromatic carbocycles. The van der Waals surface area contributed by atoms with Gasteiger partial charge in [0.25, 0.3) is 0 Å². The lowest BCUT2D eigenvalue weighted by atomic mass is 9.82. The number of hydrogen-bond donors (Lipinski definition) is 1. The summed E-state index contributed by atoms with van der Waals surface area (Å²) < 4.78 is 0. The summed E-state index contributed by atoms with van der Waals surface area (Å²) in [5, 5.41) is 4.72. The fourth-order valence-electron chi connectivity index (χ4n) is 1.90. The molecule has 2 rings (SSSR count). The zero-order valence-electron chi connectivity index (χ0n) is 8.42. The molecule has 1 aliphatic carbocycles. The minimum absolute atomic E-state index is 0.574. The fourth-order valence-corrected chi connectivity index (χ4v) is 3.03. The van der Waals surface area contributed by atoms with E-state index in [0.717, 1.165) is 12.0 Å². The molecule has 1 atom stereocenters. The maximum atomic E-state index is 4.62. The van der Waals surface area contributed by atoms with Crippen molar-refractivity contribution in [1.82, 2.24) is 5.32 Å². The van der Waals surface area contributed by atoms with Gasteiger partial charge in [0.2, 0.25) is 0 Å². The van der Waals surface area contributed by atoms with Gasteiger partial charge in [0.15, 0.2) is 5.17 Å². The third kappa shape index (κ3) is 2.19. The Morgan fingerprint density at radius 1 is 1.54 bits per heavy atom. The molecule has 0 aromatic rings. The molecule has 0 bridgehead atoms. The Hall–Kier alpha value is -0.180. The van der Waals surface area contributed by atoms with Crippen molar-refractivity contribution in [2.24, 2.45) is 10.9 Å². The minimum Gasteiger partial charge on any atom is -0.362 e. The molecule has 0 amide bonds. The molecule has 2 aliphatic rings. The van der Waals surface area contributed by atoms with E-state index in [1.54, 1.807) is 0 Å². The van der Waals surface area contributed by atoms with Crippen LogP contribution in [0.3, 0.4) is 0 Å². The van der Waals surface area contributed by atoms with Crippen molar-refractivity contribution < 1.29 is 0 Å². The van der Waals surface area contributed by atoms with E-state index in [1.165, 1.54) is 30.2 Å². The first-order valence-electron chi connectivity index (χ1n) is 5.25. The molecule has 1 unspecified atom stereocenters. The van der Waals surface area contributed by atoms with E-state index in [4.69, 9.17) is 0 Å². The Labute approximate surface area is 84.6 Å². The molecule has 74 valence electrons. The van der Waals surface area contributed by atoms with Crippen molar-refractivity contribution in [1.29, 1.82) is 0 Å². The Morgan fingerprint density at radius 3 is 2.85 bits per heavy atom. The van der Waals surface area contributed by atoms with Crippen LogP contribution in [0.25, 0.3) is 0 Å². The topological polar surface area (TPSA) is 24.4 Å². The molecule has 13 heavy (non-hydrogen) atoms. The first-order valence-corrected chi connectivity index (χ1v) is 6.23. The van der Waals surface area contributed by atoms with Gasteiger partial charge in [0, 0.05) is 11.8 Å². The SMILES string of the molecule is CCC1CSC(NC2CC(C)C2)=N1. The monoisotopic (exact) mass is 198 g/mol. The largest absolute Gasteiger partial charge is 0.362 e. The van der Waals surface area contributed by atoms with Gasteiger partial charge in [-0.3, -0.25) is 4.99 Å². The van der Waals surface area contributed by atoms with Crippen molar-refractivity contribution in [2.75, 3.05) is 5.75 Å². The number of rotatable bonds is 2. The van der Waals surface area contributed by atoms with Gasteiger partial charge in [-0.05, 0) is 25.2 Å². The van der Waals surface area contributed by atoms with E-state index < -0.39 is 0 Å². The highest BCUT2D eigenvalue weighted by Crippen LogP contribution is 2.28. The highest BCUT2D eigenvalue weighted by molar-refractivity contribution is 8.14. The first-order chi connectivity index (χ1) is 6.28. The second kappa shape index (κ2) is 3.91. The molecule has 1 saturated carbocycles. The van der Waals surface area contributed by atoms with Gasteiger partial charge in [-0.2, -0.15) is 0 Å². The number of thioether (sulfide) groups is 1. The quantitative estimate of drug-likeness (QED) is 0.736. The van der Waals surface area contributed by atoms with Gasteiger partial charge < -0.3 is 5.32 Å². The van der Waals surface area contributed by atoms with E-state index in [0.29, 0.717) is 6.04 Å². The number of nitrogens with zero attached hydrogens (tertiary/aromatic N) is 1. The molecule has 0 aromatic heterocycles. The molecule has 0 spiro atoms. The molecule has 1 heterocycles. The summed E-state index contributed by atoms with van der Waals surface area (Å²) in [5.41, 5.74) is 0. The zero-order chi connectivity index (χ0) is 9.26. The molecule has 0 saturated heterocycles. The van der Waals surface area contributed by atoms with E-state index in [9.17, 15) is 0 Å². The summed E-state index contributed by atoms with van der Waals surface area (Å²) in [5.74, 6) is 2.10. The molecule has 3 heteroatoms.